The van der Waals surface area contributed by atoms with Crippen molar-refractivity contribution in [1.29, 1.82) is 0 Å². The van der Waals surface area contributed by atoms with Crippen molar-refractivity contribution in [3.8, 4) is 23.0 Å². The Bertz CT molecular complexity index is 785. The van der Waals surface area contributed by atoms with E-state index in [9.17, 15) is 19.8 Å². The molecule has 120 valence electrons. The number of hydrogen-bond acceptors (Lipinski definition) is 6. The first-order valence-electron chi connectivity index (χ1n) is 6.49. The lowest BCUT2D eigenvalue weighted by Crippen LogP contribution is -2.06. The highest BCUT2D eigenvalue weighted by atomic mass is 35.5. The first-order valence-corrected chi connectivity index (χ1v) is 6.87. The molecule has 2 aromatic rings. The number of carbonyl (C=O) groups is 2. The fraction of sp³-hybridized carbons (Fsp3) is 0.125. The Balaban J connectivity index is 2.39. The van der Waals surface area contributed by atoms with E-state index in [0.29, 0.717) is 23.7 Å². The zero-order chi connectivity index (χ0) is 17.1. The van der Waals surface area contributed by atoms with Gasteiger partial charge in [-0.15, -0.1) is 0 Å². The zero-order valence-corrected chi connectivity index (χ0v) is 13.0. The van der Waals surface area contributed by atoms with Gasteiger partial charge in [0.15, 0.2) is 24.1 Å². The van der Waals surface area contributed by atoms with Crippen LogP contribution in [-0.2, 0) is 0 Å². The Morgan fingerprint density at radius 2 is 1.52 bits per heavy atom. The molecule has 2 aromatic carbocycles. The summed E-state index contributed by atoms with van der Waals surface area (Å²) in [5.41, 5.74) is 0.816. The Morgan fingerprint density at radius 3 is 2.09 bits per heavy atom. The van der Waals surface area contributed by atoms with Crippen molar-refractivity contribution in [2.75, 3.05) is 0 Å². The highest BCUT2D eigenvalue weighted by Gasteiger charge is 2.18. The number of halogens is 1. The van der Waals surface area contributed by atoms with Gasteiger partial charge in [0.25, 0.3) is 0 Å². The Morgan fingerprint density at radius 1 is 0.957 bits per heavy atom. The van der Waals surface area contributed by atoms with E-state index in [1.807, 2.05) is 0 Å². The van der Waals surface area contributed by atoms with Gasteiger partial charge in [-0.1, -0.05) is 11.6 Å². The Hall–Kier alpha value is -2.73. The van der Waals surface area contributed by atoms with E-state index in [1.165, 1.54) is 18.2 Å². The van der Waals surface area contributed by atoms with Gasteiger partial charge in [-0.05, 0) is 43.2 Å². The van der Waals surface area contributed by atoms with Gasteiger partial charge >= 0.3 is 0 Å². The summed E-state index contributed by atoms with van der Waals surface area (Å²) in [6, 6.07) is 4.28. The molecular weight excluding hydrogens is 324 g/mol. The third kappa shape index (κ3) is 3.22. The number of aromatic hydroxyl groups is 2. The van der Waals surface area contributed by atoms with Crippen molar-refractivity contribution in [2.24, 2.45) is 0 Å². The largest absolute Gasteiger partial charge is 0.507 e. The number of benzene rings is 2. The molecule has 23 heavy (non-hydrogen) atoms. The number of phenols is 2. The normalized spacial score (nSPS) is 10.2. The average molecular weight is 337 g/mol. The molecule has 0 spiro atoms. The van der Waals surface area contributed by atoms with Crippen molar-refractivity contribution in [3.63, 3.8) is 0 Å². The first-order chi connectivity index (χ1) is 10.9. The fourth-order valence-corrected chi connectivity index (χ4v) is 2.12. The summed E-state index contributed by atoms with van der Waals surface area (Å²) in [5.74, 6) is -0.786. The molecule has 0 fully saturated rings. The van der Waals surface area contributed by atoms with Gasteiger partial charge in [0, 0.05) is 0 Å². The summed E-state index contributed by atoms with van der Waals surface area (Å²) in [6.07, 6.45) is 0.784. The van der Waals surface area contributed by atoms with Gasteiger partial charge in [-0.2, -0.15) is 0 Å². The number of hydrogen-bond donors (Lipinski definition) is 2. The van der Waals surface area contributed by atoms with Gasteiger partial charge in [0.2, 0.25) is 0 Å². The molecule has 0 unspecified atom stereocenters. The SMILES string of the molecule is Cc1cc(O)c(C=O)c(OOc2cc(C)c(Cl)c(O)c2C=O)c1. The lowest BCUT2D eigenvalue weighted by molar-refractivity contribution is -0.101. The first kappa shape index (κ1) is 16.6. The summed E-state index contributed by atoms with van der Waals surface area (Å²) >= 11 is 5.86. The van der Waals surface area contributed by atoms with E-state index in [1.54, 1.807) is 13.8 Å². The van der Waals surface area contributed by atoms with Gasteiger partial charge in [0.05, 0.1) is 5.02 Å². The number of rotatable bonds is 5. The van der Waals surface area contributed by atoms with Crippen molar-refractivity contribution < 1.29 is 29.6 Å². The minimum absolute atomic E-state index is 0.0264. The molecular formula is C16H13ClO6. The lowest BCUT2D eigenvalue weighted by Gasteiger charge is -2.13. The van der Waals surface area contributed by atoms with Gasteiger partial charge < -0.3 is 10.2 Å². The predicted octanol–water partition coefficient (Wildman–Crippen LogP) is 3.37. The van der Waals surface area contributed by atoms with Crippen LogP contribution in [0.4, 0.5) is 0 Å². The third-order valence-electron chi connectivity index (χ3n) is 3.14. The van der Waals surface area contributed by atoms with Crippen LogP contribution in [-0.4, -0.2) is 22.8 Å². The molecule has 0 aliphatic carbocycles. The van der Waals surface area contributed by atoms with Gasteiger partial charge in [0.1, 0.15) is 22.6 Å². The summed E-state index contributed by atoms with van der Waals surface area (Å²) in [5, 5.41) is 19.6. The monoisotopic (exact) mass is 336 g/mol. The van der Waals surface area contributed by atoms with E-state index in [0.717, 1.165) is 0 Å². The summed E-state index contributed by atoms with van der Waals surface area (Å²) in [4.78, 5) is 32.3. The number of carbonyl (C=O) groups excluding carboxylic acids is 2. The van der Waals surface area contributed by atoms with Crippen molar-refractivity contribution in [2.45, 2.75) is 13.8 Å². The summed E-state index contributed by atoms with van der Waals surface area (Å²) in [6.45, 7) is 3.30. The molecule has 0 aliphatic rings. The Labute approximate surface area is 136 Å². The Kier molecular flexibility index (Phi) is 4.76. The maximum absolute atomic E-state index is 11.1. The van der Waals surface area contributed by atoms with E-state index < -0.39 is 5.75 Å². The summed E-state index contributed by atoms with van der Waals surface area (Å²) in [7, 11) is 0. The minimum Gasteiger partial charge on any atom is -0.507 e. The minimum atomic E-state index is -0.428. The fourth-order valence-electron chi connectivity index (χ4n) is 1.97. The molecule has 0 atom stereocenters. The molecule has 0 saturated heterocycles. The maximum Gasteiger partial charge on any atom is 0.193 e. The second-order valence-electron chi connectivity index (χ2n) is 4.87. The van der Waals surface area contributed by atoms with Gasteiger partial charge in [-0.3, -0.25) is 19.4 Å². The average Bonchev–Trinajstić information content (AvgIpc) is 2.50. The highest BCUT2D eigenvalue weighted by Crippen LogP contribution is 2.37. The number of phenolic OH excluding ortho intramolecular Hbond substituents is 2. The van der Waals surface area contributed by atoms with Crippen molar-refractivity contribution in [1.82, 2.24) is 0 Å². The second kappa shape index (κ2) is 6.58. The predicted molar refractivity (Wildman–Crippen MR) is 82.7 cm³/mol. The van der Waals surface area contributed by atoms with Crippen molar-refractivity contribution >= 4 is 24.2 Å². The van der Waals surface area contributed by atoms with Crippen LogP contribution in [0.5, 0.6) is 23.0 Å². The van der Waals surface area contributed by atoms with Crippen LogP contribution in [0.3, 0.4) is 0 Å². The molecule has 0 saturated carbocycles. The molecule has 6 nitrogen and oxygen atoms in total. The van der Waals surface area contributed by atoms with E-state index in [2.05, 4.69) is 0 Å². The van der Waals surface area contributed by atoms with E-state index in [-0.39, 0.29) is 33.4 Å². The highest BCUT2D eigenvalue weighted by molar-refractivity contribution is 6.33. The molecule has 0 radical (unpaired) electrons. The molecule has 0 amide bonds. The number of aryl methyl sites for hydroxylation is 2. The maximum atomic E-state index is 11.1. The zero-order valence-electron chi connectivity index (χ0n) is 12.3. The smallest absolute Gasteiger partial charge is 0.193 e. The topological polar surface area (TPSA) is 93.1 Å². The summed E-state index contributed by atoms with van der Waals surface area (Å²) < 4.78 is 0. The van der Waals surface area contributed by atoms with Crippen LogP contribution in [0, 0.1) is 13.8 Å². The van der Waals surface area contributed by atoms with Crippen LogP contribution in [0.2, 0.25) is 5.02 Å². The van der Waals surface area contributed by atoms with E-state index >= 15 is 0 Å². The molecule has 0 heterocycles. The third-order valence-corrected chi connectivity index (χ3v) is 3.62. The van der Waals surface area contributed by atoms with Crippen LogP contribution in [0.1, 0.15) is 31.8 Å². The van der Waals surface area contributed by atoms with E-state index in [4.69, 9.17) is 21.4 Å². The van der Waals surface area contributed by atoms with Crippen LogP contribution < -0.4 is 9.78 Å². The molecule has 2 rings (SSSR count). The van der Waals surface area contributed by atoms with Crippen LogP contribution in [0.15, 0.2) is 18.2 Å². The molecule has 0 aromatic heterocycles. The van der Waals surface area contributed by atoms with Crippen molar-refractivity contribution in [3.05, 3.63) is 45.5 Å². The second-order valence-corrected chi connectivity index (χ2v) is 5.24. The quantitative estimate of drug-likeness (QED) is 0.494. The standard InChI is InChI=1S/C16H13ClO6/c1-8-3-12(20)10(6-18)13(4-8)22-23-14-5-9(2)15(17)16(21)11(14)7-19/h3-7,20-21H,1-2H3. The molecule has 0 aliphatic heterocycles. The molecule has 0 bridgehead atoms. The molecule has 7 heteroatoms. The van der Waals surface area contributed by atoms with Crippen LogP contribution in [0.25, 0.3) is 0 Å². The number of aldehydes is 2. The van der Waals surface area contributed by atoms with Gasteiger partial charge in [-0.25, -0.2) is 0 Å². The molecule has 2 N–H and O–H groups in total. The van der Waals surface area contributed by atoms with Crippen LogP contribution >= 0.6 is 11.6 Å². The lowest BCUT2D eigenvalue weighted by atomic mass is 10.1.